The van der Waals surface area contributed by atoms with Gasteiger partial charge >= 0.3 is 23.9 Å². The average Bonchev–Trinajstić information content (AvgIpc) is 2.93. The van der Waals surface area contributed by atoms with Crippen LogP contribution in [0.1, 0.15) is 27.7 Å². The summed E-state index contributed by atoms with van der Waals surface area (Å²) in [5, 5.41) is 0. The van der Waals surface area contributed by atoms with E-state index < -0.39 is 23.9 Å². The monoisotopic (exact) mass is 566 g/mol. The Kier molecular flexibility index (Phi) is 9.78. The quantitative estimate of drug-likeness (QED) is 0.148. The molecule has 3 aromatic carbocycles. The van der Waals surface area contributed by atoms with Gasteiger partial charge in [-0.2, -0.15) is 0 Å². The van der Waals surface area contributed by atoms with Gasteiger partial charge in [0.15, 0.2) is 0 Å². The van der Waals surface area contributed by atoms with Crippen molar-refractivity contribution in [2.75, 3.05) is 0 Å². The van der Waals surface area contributed by atoms with E-state index in [1.807, 2.05) is 0 Å². The average molecular weight is 567 g/mol. The molecule has 0 saturated heterocycles. The van der Waals surface area contributed by atoms with Gasteiger partial charge in [0.25, 0.3) is 0 Å². The minimum atomic E-state index is -0.646. The summed E-state index contributed by atoms with van der Waals surface area (Å²) in [5.74, 6) is -1.88. The topological polar surface area (TPSA) is 105 Å². The van der Waals surface area contributed by atoms with Crippen molar-refractivity contribution >= 4 is 23.9 Å². The molecule has 8 heteroatoms. The van der Waals surface area contributed by atoms with Crippen molar-refractivity contribution in [3.8, 4) is 45.3 Å². The van der Waals surface area contributed by atoms with E-state index in [1.165, 1.54) is 39.8 Å². The van der Waals surface area contributed by atoms with Gasteiger partial charge < -0.3 is 18.9 Å². The highest BCUT2D eigenvalue weighted by Crippen LogP contribution is 2.38. The molecule has 0 saturated carbocycles. The molecule has 0 aliphatic heterocycles. The van der Waals surface area contributed by atoms with Gasteiger partial charge in [0, 0.05) is 45.6 Å². The van der Waals surface area contributed by atoms with Crippen molar-refractivity contribution in [1.29, 1.82) is 0 Å². The predicted molar refractivity (Wildman–Crippen MR) is 159 cm³/mol. The van der Waals surface area contributed by atoms with Crippen LogP contribution >= 0.6 is 0 Å². The summed E-state index contributed by atoms with van der Waals surface area (Å²) in [7, 11) is 0. The van der Waals surface area contributed by atoms with Crippen molar-refractivity contribution in [1.82, 2.24) is 0 Å². The fraction of sp³-hybridized carbons (Fsp3) is 0.118. The van der Waals surface area contributed by atoms with E-state index in [4.69, 9.17) is 18.9 Å². The van der Waals surface area contributed by atoms with Gasteiger partial charge in [-0.05, 0) is 63.1 Å². The van der Waals surface area contributed by atoms with Gasteiger partial charge in [0.2, 0.25) is 0 Å². The van der Waals surface area contributed by atoms with Crippen molar-refractivity contribution in [2.45, 2.75) is 27.7 Å². The Morgan fingerprint density at radius 1 is 0.452 bits per heavy atom. The van der Waals surface area contributed by atoms with E-state index in [9.17, 15) is 19.2 Å². The van der Waals surface area contributed by atoms with Crippen molar-refractivity contribution in [3.63, 3.8) is 0 Å². The summed E-state index contributed by atoms with van der Waals surface area (Å²) in [6.45, 7) is 20.5. The van der Waals surface area contributed by atoms with Crippen LogP contribution < -0.4 is 18.9 Å². The molecule has 0 amide bonds. The fourth-order valence-corrected chi connectivity index (χ4v) is 3.37. The Hall–Kier alpha value is -5.50. The summed E-state index contributed by atoms with van der Waals surface area (Å²) in [5.41, 5.74) is 3.24. The third-order valence-electron chi connectivity index (χ3n) is 5.63. The van der Waals surface area contributed by atoms with Crippen LogP contribution in [-0.4, -0.2) is 23.9 Å². The zero-order chi connectivity index (χ0) is 31.1. The second kappa shape index (κ2) is 13.2. The second-order valence-electron chi connectivity index (χ2n) is 9.57. The molecule has 0 bridgehead atoms. The lowest BCUT2D eigenvalue weighted by molar-refractivity contribution is -0.131. The first-order valence-corrected chi connectivity index (χ1v) is 12.7. The van der Waals surface area contributed by atoms with Crippen LogP contribution in [0.2, 0.25) is 0 Å². The first-order valence-electron chi connectivity index (χ1n) is 12.7. The van der Waals surface area contributed by atoms with Crippen LogP contribution in [0.5, 0.6) is 23.0 Å². The zero-order valence-electron chi connectivity index (χ0n) is 23.9. The van der Waals surface area contributed by atoms with Crippen molar-refractivity contribution in [3.05, 3.63) is 109 Å². The van der Waals surface area contributed by atoms with Crippen LogP contribution in [0.25, 0.3) is 22.3 Å². The van der Waals surface area contributed by atoms with E-state index in [1.54, 1.807) is 48.5 Å². The number of rotatable bonds is 10. The molecule has 0 radical (unpaired) electrons. The Labute approximate surface area is 244 Å². The van der Waals surface area contributed by atoms with Gasteiger partial charge in [-0.25, -0.2) is 19.2 Å². The molecule has 0 fully saturated rings. The summed E-state index contributed by atoms with van der Waals surface area (Å²) < 4.78 is 21.7. The molecule has 0 aliphatic rings. The third kappa shape index (κ3) is 7.79. The lowest BCUT2D eigenvalue weighted by atomic mass is 9.99. The summed E-state index contributed by atoms with van der Waals surface area (Å²) in [6, 6.07) is 16.4. The summed E-state index contributed by atoms with van der Waals surface area (Å²) in [4.78, 5) is 48.7. The molecule has 8 nitrogen and oxygen atoms in total. The zero-order valence-corrected chi connectivity index (χ0v) is 23.9. The molecule has 3 aromatic rings. The molecule has 214 valence electrons. The smallest absolute Gasteiger partial charge is 0.338 e. The number of ether oxygens (including phenoxy) is 4. The molecule has 0 N–H and O–H groups in total. The first kappa shape index (κ1) is 31.0. The van der Waals surface area contributed by atoms with E-state index in [2.05, 4.69) is 26.3 Å². The van der Waals surface area contributed by atoms with E-state index in [0.717, 1.165) is 0 Å². The van der Waals surface area contributed by atoms with Gasteiger partial charge in [0.05, 0.1) is 0 Å². The van der Waals surface area contributed by atoms with E-state index in [-0.39, 0.29) is 45.3 Å². The molecule has 0 spiro atoms. The first-order chi connectivity index (χ1) is 19.8. The molecular weight excluding hydrogens is 536 g/mol. The van der Waals surface area contributed by atoms with Crippen molar-refractivity contribution < 1.29 is 38.1 Å². The number of hydrogen-bond donors (Lipinski definition) is 0. The minimum absolute atomic E-state index is 0.155. The van der Waals surface area contributed by atoms with Crippen LogP contribution in [0, 0.1) is 0 Å². The number of carbonyl (C=O) groups excluding carboxylic acids is 4. The Morgan fingerprint density at radius 3 is 1.02 bits per heavy atom. The lowest BCUT2D eigenvalue weighted by Gasteiger charge is -2.15. The molecular formula is C34H30O8. The third-order valence-corrected chi connectivity index (χ3v) is 5.63. The minimum Gasteiger partial charge on any atom is -0.423 e. The maximum atomic E-state index is 12.4. The molecule has 0 aliphatic carbocycles. The predicted octanol–water partition coefficient (Wildman–Crippen LogP) is 6.95. The highest BCUT2D eigenvalue weighted by molar-refractivity contribution is 5.93. The number of benzene rings is 3. The van der Waals surface area contributed by atoms with Gasteiger partial charge in [0.1, 0.15) is 23.0 Å². The van der Waals surface area contributed by atoms with Crippen molar-refractivity contribution in [2.24, 2.45) is 0 Å². The molecule has 42 heavy (non-hydrogen) atoms. The van der Waals surface area contributed by atoms with Gasteiger partial charge in [-0.15, -0.1) is 0 Å². The highest BCUT2D eigenvalue weighted by atomic mass is 16.6. The number of hydrogen-bond acceptors (Lipinski definition) is 8. The normalized spacial score (nSPS) is 10.2. The summed E-state index contributed by atoms with van der Waals surface area (Å²) >= 11 is 0. The number of esters is 4. The van der Waals surface area contributed by atoms with Gasteiger partial charge in [-0.3, -0.25) is 0 Å². The maximum absolute atomic E-state index is 12.4. The Bertz CT molecular complexity index is 1520. The Morgan fingerprint density at radius 2 is 0.738 bits per heavy atom. The summed E-state index contributed by atoms with van der Waals surface area (Å²) in [6.07, 6.45) is 0. The standard InChI is InChI=1S/C34H30O8/c1-19(2)31(35)39-25-13-15-27(29(17-25)41-33(37)21(5)6)23-9-11-24(12-10-23)28-16-14-26(40-32(36)20(3)4)18-30(28)42-34(38)22(7)8/h9-18H,1,3,5,7H2,2,4,6,8H3. The molecule has 3 rings (SSSR count). The highest BCUT2D eigenvalue weighted by Gasteiger charge is 2.18. The van der Waals surface area contributed by atoms with E-state index >= 15 is 0 Å². The lowest BCUT2D eigenvalue weighted by Crippen LogP contribution is -2.11. The largest absolute Gasteiger partial charge is 0.423 e. The number of carbonyl (C=O) groups is 4. The molecule has 0 unspecified atom stereocenters. The van der Waals surface area contributed by atoms with Crippen LogP contribution in [0.3, 0.4) is 0 Å². The fourth-order valence-electron chi connectivity index (χ4n) is 3.37. The van der Waals surface area contributed by atoms with E-state index in [0.29, 0.717) is 22.3 Å². The van der Waals surface area contributed by atoms with Crippen LogP contribution in [0.15, 0.2) is 109 Å². The van der Waals surface area contributed by atoms with Crippen LogP contribution in [0.4, 0.5) is 0 Å². The maximum Gasteiger partial charge on any atom is 0.338 e. The van der Waals surface area contributed by atoms with Gasteiger partial charge in [-0.1, -0.05) is 50.6 Å². The SMILES string of the molecule is C=C(C)C(=O)Oc1ccc(-c2ccc(-c3ccc(OC(=O)C(=C)C)cc3OC(=O)C(=C)C)cc2)c(OC(=O)C(=C)C)c1. The molecule has 0 atom stereocenters. The van der Waals surface area contributed by atoms with Crippen LogP contribution in [-0.2, 0) is 19.2 Å². The molecule has 0 aromatic heterocycles. The Balaban J connectivity index is 2.03. The molecule has 0 heterocycles. The second-order valence-corrected chi connectivity index (χ2v) is 9.57.